The van der Waals surface area contributed by atoms with E-state index >= 15 is 0 Å². The predicted octanol–water partition coefficient (Wildman–Crippen LogP) is 3.36. The maximum atomic E-state index is 13.8. The van der Waals surface area contributed by atoms with Gasteiger partial charge in [-0.2, -0.15) is 0 Å². The standard InChI is InChI=1S/C18H19FN2O3/c1-23-17-10-14(15(19)11-16(17)20)8-5-9-21-18(22)24-12-13-6-3-2-4-7-13/h2-8,10-11H,9,12,20H2,1H3,(H,21,22). The maximum absolute atomic E-state index is 13.8. The number of carbonyl (C=O) groups excluding carboxylic acids is 1. The number of carbonyl (C=O) groups is 1. The topological polar surface area (TPSA) is 73.6 Å². The second kappa shape index (κ2) is 8.57. The van der Waals surface area contributed by atoms with E-state index in [9.17, 15) is 9.18 Å². The van der Waals surface area contributed by atoms with Gasteiger partial charge >= 0.3 is 6.09 Å². The van der Waals surface area contributed by atoms with Crippen molar-refractivity contribution >= 4 is 17.9 Å². The highest BCUT2D eigenvalue weighted by atomic mass is 19.1. The number of rotatable bonds is 6. The average molecular weight is 330 g/mol. The van der Waals surface area contributed by atoms with E-state index in [1.807, 2.05) is 30.3 Å². The Balaban J connectivity index is 1.81. The van der Waals surface area contributed by atoms with E-state index in [0.29, 0.717) is 11.3 Å². The van der Waals surface area contributed by atoms with E-state index in [1.54, 1.807) is 6.08 Å². The Morgan fingerprint density at radius 1 is 1.29 bits per heavy atom. The molecule has 0 aliphatic rings. The lowest BCUT2D eigenvalue weighted by atomic mass is 10.1. The van der Waals surface area contributed by atoms with E-state index in [0.717, 1.165) is 5.56 Å². The minimum Gasteiger partial charge on any atom is -0.495 e. The number of benzene rings is 2. The van der Waals surface area contributed by atoms with Crippen LogP contribution in [0.5, 0.6) is 5.75 Å². The third kappa shape index (κ3) is 5.01. The third-order valence-electron chi connectivity index (χ3n) is 3.22. The molecule has 1 amide bonds. The fourth-order valence-corrected chi connectivity index (χ4v) is 1.99. The molecule has 0 saturated carbocycles. The monoisotopic (exact) mass is 330 g/mol. The van der Waals surface area contributed by atoms with Crippen molar-refractivity contribution < 1.29 is 18.7 Å². The summed E-state index contributed by atoms with van der Waals surface area (Å²) in [4.78, 5) is 11.6. The van der Waals surface area contributed by atoms with Crippen molar-refractivity contribution in [2.45, 2.75) is 6.61 Å². The summed E-state index contributed by atoms with van der Waals surface area (Å²) in [5.41, 5.74) is 7.07. The Hall–Kier alpha value is -3.02. The van der Waals surface area contributed by atoms with Crippen molar-refractivity contribution in [3.05, 3.63) is 65.5 Å². The lowest BCUT2D eigenvalue weighted by molar-refractivity contribution is 0.141. The Kier molecular flexibility index (Phi) is 6.19. The molecule has 0 unspecified atom stereocenters. The quantitative estimate of drug-likeness (QED) is 0.797. The second-order valence-corrected chi connectivity index (χ2v) is 4.96. The largest absolute Gasteiger partial charge is 0.495 e. The summed E-state index contributed by atoms with van der Waals surface area (Å²) in [5.74, 6) is -0.0671. The van der Waals surface area contributed by atoms with Gasteiger partial charge in [0.05, 0.1) is 12.8 Å². The number of halogens is 1. The molecular weight excluding hydrogens is 311 g/mol. The van der Waals surface area contributed by atoms with Gasteiger partial charge in [-0.3, -0.25) is 0 Å². The first-order valence-corrected chi connectivity index (χ1v) is 7.34. The smallest absolute Gasteiger partial charge is 0.407 e. The zero-order valence-corrected chi connectivity index (χ0v) is 13.3. The van der Waals surface area contributed by atoms with Crippen molar-refractivity contribution in [3.8, 4) is 5.75 Å². The first kappa shape index (κ1) is 17.3. The summed E-state index contributed by atoms with van der Waals surface area (Å²) in [6.45, 7) is 0.403. The minimum atomic E-state index is -0.543. The van der Waals surface area contributed by atoms with Crippen molar-refractivity contribution in [1.29, 1.82) is 0 Å². The fourth-order valence-electron chi connectivity index (χ4n) is 1.99. The van der Waals surface area contributed by atoms with Crippen molar-refractivity contribution in [2.75, 3.05) is 19.4 Å². The summed E-state index contributed by atoms with van der Waals surface area (Å²) in [7, 11) is 1.46. The molecule has 0 aromatic heterocycles. The number of alkyl carbamates (subject to hydrolysis) is 1. The molecule has 0 saturated heterocycles. The van der Waals surface area contributed by atoms with E-state index in [4.69, 9.17) is 15.2 Å². The highest BCUT2D eigenvalue weighted by Crippen LogP contribution is 2.25. The van der Waals surface area contributed by atoms with Gasteiger partial charge in [-0.05, 0) is 11.6 Å². The Labute approximate surface area is 139 Å². The van der Waals surface area contributed by atoms with Crippen molar-refractivity contribution in [1.82, 2.24) is 5.32 Å². The maximum Gasteiger partial charge on any atom is 0.407 e. The molecule has 0 atom stereocenters. The SMILES string of the molecule is COc1cc(C=CCNC(=O)OCc2ccccc2)c(F)cc1N. The number of hydrogen-bond acceptors (Lipinski definition) is 4. The van der Waals surface area contributed by atoms with Crippen LogP contribution in [0.15, 0.2) is 48.5 Å². The van der Waals surface area contributed by atoms with Crippen LogP contribution < -0.4 is 15.8 Å². The summed E-state index contributed by atoms with van der Waals surface area (Å²) >= 11 is 0. The van der Waals surface area contributed by atoms with Crippen LogP contribution in [0.25, 0.3) is 6.08 Å². The van der Waals surface area contributed by atoms with Gasteiger partial charge in [-0.25, -0.2) is 9.18 Å². The molecule has 6 heteroatoms. The molecule has 126 valence electrons. The van der Waals surface area contributed by atoms with E-state index < -0.39 is 11.9 Å². The Morgan fingerprint density at radius 2 is 2.04 bits per heavy atom. The van der Waals surface area contributed by atoms with Crippen LogP contribution >= 0.6 is 0 Å². The zero-order chi connectivity index (χ0) is 17.4. The normalized spacial score (nSPS) is 10.6. The van der Waals surface area contributed by atoms with Gasteiger partial charge in [0.25, 0.3) is 0 Å². The Bertz CT molecular complexity index is 718. The van der Waals surface area contributed by atoms with Crippen LogP contribution in [0.2, 0.25) is 0 Å². The van der Waals surface area contributed by atoms with E-state index in [2.05, 4.69) is 5.32 Å². The molecule has 0 fully saturated rings. The van der Waals surface area contributed by atoms with Crippen LogP contribution in [-0.2, 0) is 11.3 Å². The van der Waals surface area contributed by atoms with Crippen LogP contribution in [0.3, 0.4) is 0 Å². The van der Waals surface area contributed by atoms with Gasteiger partial charge in [0, 0.05) is 18.2 Å². The Morgan fingerprint density at radius 3 is 2.75 bits per heavy atom. The molecule has 0 aliphatic heterocycles. The van der Waals surface area contributed by atoms with Gasteiger partial charge in [-0.1, -0.05) is 42.5 Å². The van der Waals surface area contributed by atoms with Crippen LogP contribution in [-0.4, -0.2) is 19.7 Å². The molecule has 0 aliphatic carbocycles. The lowest BCUT2D eigenvalue weighted by Gasteiger charge is -2.07. The van der Waals surface area contributed by atoms with Gasteiger partial charge in [0.15, 0.2) is 0 Å². The van der Waals surface area contributed by atoms with E-state index in [1.165, 1.54) is 25.3 Å². The molecule has 0 radical (unpaired) electrons. The van der Waals surface area contributed by atoms with Crippen LogP contribution in [0.1, 0.15) is 11.1 Å². The second-order valence-electron chi connectivity index (χ2n) is 4.96. The number of hydrogen-bond donors (Lipinski definition) is 2. The van der Waals surface area contributed by atoms with Crippen molar-refractivity contribution in [3.63, 3.8) is 0 Å². The molecule has 3 N–H and O–H groups in total. The number of nitrogens with two attached hydrogens (primary N) is 1. The summed E-state index contributed by atoms with van der Waals surface area (Å²) < 4.78 is 23.9. The molecule has 24 heavy (non-hydrogen) atoms. The first-order chi connectivity index (χ1) is 11.6. The number of methoxy groups -OCH3 is 1. The lowest BCUT2D eigenvalue weighted by Crippen LogP contribution is -2.24. The molecule has 5 nitrogen and oxygen atoms in total. The number of amides is 1. The number of anilines is 1. The summed E-state index contributed by atoms with van der Waals surface area (Å²) in [5, 5.41) is 2.56. The first-order valence-electron chi connectivity index (χ1n) is 7.34. The molecule has 0 spiro atoms. The van der Waals surface area contributed by atoms with Crippen molar-refractivity contribution in [2.24, 2.45) is 0 Å². The molecule has 2 rings (SSSR count). The summed E-state index contributed by atoms with van der Waals surface area (Å²) in [6, 6.07) is 12.0. The predicted molar refractivity (Wildman–Crippen MR) is 91.0 cm³/mol. The zero-order valence-electron chi connectivity index (χ0n) is 13.3. The number of ether oxygens (including phenoxy) is 2. The van der Waals surface area contributed by atoms with Crippen LogP contribution in [0, 0.1) is 5.82 Å². The van der Waals surface area contributed by atoms with Gasteiger partial charge in [0.1, 0.15) is 18.2 Å². The average Bonchev–Trinajstić information content (AvgIpc) is 2.59. The molecule has 0 heterocycles. The molecular formula is C18H19FN2O3. The number of nitrogen functional groups attached to an aromatic ring is 1. The highest BCUT2D eigenvalue weighted by molar-refractivity contribution is 5.68. The minimum absolute atomic E-state index is 0.195. The third-order valence-corrected chi connectivity index (χ3v) is 3.22. The van der Waals surface area contributed by atoms with E-state index in [-0.39, 0.29) is 18.8 Å². The van der Waals surface area contributed by atoms with Gasteiger partial charge < -0.3 is 20.5 Å². The molecule has 2 aromatic rings. The molecule has 2 aromatic carbocycles. The highest BCUT2D eigenvalue weighted by Gasteiger charge is 2.06. The summed E-state index contributed by atoms with van der Waals surface area (Å²) in [6.07, 6.45) is 2.60. The van der Waals surface area contributed by atoms with Crippen LogP contribution in [0.4, 0.5) is 14.9 Å². The number of nitrogens with one attached hydrogen (secondary N) is 1. The molecule has 0 bridgehead atoms. The van der Waals surface area contributed by atoms with Gasteiger partial charge in [0.2, 0.25) is 0 Å². The fraction of sp³-hybridized carbons (Fsp3) is 0.167. The van der Waals surface area contributed by atoms with Gasteiger partial charge in [-0.15, -0.1) is 0 Å².